The Labute approximate surface area is 139 Å². The van der Waals surface area contributed by atoms with Gasteiger partial charge in [0.2, 0.25) is 5.82 Å². The first-order chi connectivity index (χ1) is 11.8. The van der Waals surface area contributed by atoms with E-state index in [0.29, 0.717) is 4.73 Å². The van der Waals surface area contributed by atoms with E-state index in [-0.39, 0.29) is 23.6 Å². The minimum absolute atomic E-state index is 0.0266. The second-order valence-corrected chi connectivity index (χ2v) is 5.54. The number of imidazole rings is 1. The second-order valence-electron chi connectivity index (χ2n) is 5.54. The van der Waals surface area contributed by atoms with Crippen LogP contribution >= 0.6 is 0 Å². The lowest BCUT2D eigenvalue weighted by Crippen LogP contribution is -2.40. The summed E-state index contributed by atoms with van der Waals surface area (Å²) in [5.74, 6) is -2.64. The molecule has 0 amide bonds. The smallest absolute Gasteiger partial charge is 0.466 e. The number of amidine groups is 1. The van der Waals surface area contributed by atoms with Crippen LogP contribution in [-0.4, -0.2) is 41.1 Å². The molecule has 1 aliphatic carbocycles. The van der Waals surface area contributed by atoms with E-state index in [1.54, 1.807) is 0 Å². The minimum Gasteiger partial charge on any atom is -0.466 e. The fourth-order valence-electron chi connectivity index (χ4n) is 2.60. The van der Waals surface area contributed by atoms with Crippen molar-refractivity contribution in [3.8, 4) is 6.01 Å². The molecule has 0 saturated heterocycles. The van der Waals surface area contributed by atoms with Crippen molar-refractivity contribution >= 4 is 17.8 Å². The van der Waals surface area contributed by atoms with Gasteiger partial charge in [0.1, 0.15) is 18.0 Å². The molecule has 2 heterocycles. The lowest BCUT2D eigenvalue weighted by Gasteiger charge is -2.23. The van der Waals surface area contributed by atoms with Crippen LogP contribution in [-0.2, 0) is 9.53 Å². The molecule has 1 fully saturated rings. The van der Waals surface area contributed by atoms with Crippen LogP contribution in [0.2, 0.25) is 0 Å². The van der Waals surface area contributed by atoms with Crippen LogP contribution in [0.15, 0.2) is 4.99 Å². The number of carbonyl (C=O) groups is 1. The number of aromatic nitrogens is 2. The van der Waals surface area contributed by atoms with Crippen LogP contribution in [0.1, 0.15) is 37.5 Å². The third-order valence-corrected chi connectivity index (χ3v) is 3.76. The van der Waals surface area contributed by atoms with Crippen molar-refractivity contribution in [1.82, 2.24) is 15.0 Å². The van der Waals surface area contributed by atoms with Crippen molar-refractivity contribution < 1.29 is 32.3 Å². The van der Waals surface area contributed by atoms with Crippen LogP contribution in [0.3, 0.4) is 0 Å². The van der Waals surface area contributed by atoms with Gasteiger partial charge in [-0.05, 0) is 25.7 Å². The summed E-state index contributed by atoms with van der Waals surface area (Å²) in [6, 6.07) is -0.371. The van der Waals surface area contributed by atoms with Crippen LogP contribution in [0.5, 0.6) is 6.01 Å². The van der Waals surface area contributed by atoms with E-state index >= 15 is 0 Å². The molecule has 2 aliphatic rings. The van der Waals surface area contributed by atoms with Gasteiger partial charge in [0.05, 0.1) is 7.11 Å². The summed E-state index contributed by atoms with van der Waals surface area (Å²) >= 11 is 0. The van der Waals surface area contributed by atoms with Crippen molar-refractivity contribution in [2.75, 3.05) is 7.11 Å². The van der Waals surface area contributed by atoms with Crippen molar-refractivity contribution in [2.45, 2.75) is 44.1 Å². The third-order valence-electron chi connectivity index (χ3n) is 3.76. The predicted molar refractivity (Wildman–Crippen MR) is 76.9 cm³/mol. The zero-order valence-electron chi connectivity index (χ0n) is 13.2. The number of methoxy groups -OCH3 is 1. The number of carbonyl (C=O) groups excluding carboxylic acids is 1. The summed E-state index contributed by atoms with van der Waals surface area (Å²) in [6.45, 7) is 0. The third kappa shape index (κ3) is 3.48. The molecule has 0 aromatic carbocycles. The molecule has 9 nitrogen and oxygen atoms in total. The zero-order chi connectivity index (χ0) is 18.2. The maximum atomic E-state index is 12.5. The number of hydrogen-bond acceptors (Lipinski definition) is 8. The van der Waals surface area contributed by atoms with E-state index in [9.17, 15) is 18.0 Å². The average molecular weight is 363 g/mol. The Morgan fingerprint density at radius 1 is 1.36 bits per heavy atom. The maximum absolute atomic E-state index is 12.5. The first-order valence-electron chi connectivity index (χ1n) is 7.53. The van der Waals surface area contributed by atoms with Gasteiger partial charge >= 0.3 is 18.2 Å². The summed E-state index contributed by atoms with van der Waals surface area (Å²) in [5, 5.41) is 2.76. The highest BCUT2D eigenvalue weighted by atomic mass is 19.4. The number of halogens is 3. The van der Waals surface area contributed by atoms with Gasteiger partial charge in [-0.15, -0.1) is 4.73 Å². The summed E-state index contributed by atoms with van der Waals surface area (Å²) in [4.78, 5) is 23.4. The number of hydrogen-bond donors (Lipinski definition) is 2. The molecule has 3 rings (SSSR count). The van der Waals surface area contributed by atoms with Crippen molar-refractivity contribution in [3.05, 3.63) is 5.69 Å². The number of nitrogens with two attached hydrogens (primary N) is 1. The molecule has 0 spiro atoms. The molecule has 1 saturated carbocycles. The highest BCUT2D eigenvalue weighted by molar-refractivity contribution is 5.80. The molecule has 1 atom stereocenters. The van der Waals surface area contributed by atoms with E-state index in [2.05, 4.69) is 20.1 Å². The molecular formula is C13H16F3N5O4. The van der Waals surface area contributed by atoms with Gasteiger partial charge in [-0.25, -0.2) is 4.79 Å². The normalized spacial score (nSPS) is 20.5. The highest BCUT2D eigenvalue weighted by Gasteiger charge is 2.43. The number of aliphatic imine (C=N–C) groups is 1. The number of rotatable bonds is 3. The van der Waals surface area contributed by atoms with E-state index in [1.807, 2.05) is 0 Å². The molecule has 12 heteroatoms. The predicted octanol–water partition coefficient (Wildman–Crippen LogP) is 0.916. The van der Waals surface area contributed by atoms with Crippen molar-refractivity contribution in [3.63, 3.8) is 0 Å². The van der Waals surface area contributed by atoms with Crippen molar-refractivity contribution in [2.24, 2.45) is 10.7 Å². The average Bonchev–Trinajstić information content (AvgIpc) is 3.15. The number of ether oxygens (including phenoxy) is 2. The Bertz CT molecular complexity index is 697. The molecule has 1 unspecified atom stereocenters. The molecule has 3 N–H and O–H groups in total. The lowest BCUT2D eigenvalue weighted by atomic mass is 10.3. The molecule has 25 heavy (non-hydrogen) atoms. The fraction of sp³-hybridized carbons (Fsp3) is 0.615. The highest BCUT2D eigenvalue weighted by Crippen LogP contribution is 2.32. The van der Waals surface area contributed by atoms with Gasteiger partial charge in [-0.1, -0.05) is 0 Å². The number of nitrogens with zero attached hydrogens (tertiary/aromatic N) is 3. The molecule has 138 valence electrons. The zero-order valence-corrected chi connectivity index (χ0v) is 13.2. The summed E-state index contributed by atoms with van der Waals surface area (Å²) in [6.07, 6.45) is -2.44. The van der Waals surface area contributed by atoms with E-state index in [0.717, 1.165) is 32.8 Å². The number of alkyl halides is 3. The second kappa shape index (κ2) is 6.43. The standard InChI is InChI=1S/C13H16F3N5O4/c1-23-12-18-7-8(17)19-11(24-6-4-2-3-5-6)20-9(7)21(12)25-10(22)13(14,15)16/h6,8H,2-5,17H2,1H3,(H,19,20). The molecular weight excluding hydrogens is 347 g/mol. The summed E-state index contributed by atoms with van der Waals surface area (Å²) in [5.41, 5.74) is 5.96. The Morgan fingerprint density at radius 3 is 2.64 bits per heavy atom. The molecule has 1 aliphatic heterocycles. The number of nitrogens with one attached hydrogen (secondary N) is 1. The molecule has 0 radical (unpaired) electrons. The summed E-state index contributed by atoms with van der Waals surface area (Å²) in [7, 11) is 1.16. The van der Waals surface area contributed by atoms with Gasteiger partial charge in [-0.2, -0.15) is 23.1 Å². The largest absolute Gasteiger partial charge is 0.493 e. The van der Waals surface area contributed by atoms with Gasteiger partial charge in [0.15, 0.2) is 0 Å². The van der Waals surface area contributed by atoms with Gasteiger partial charge in [0.25, 0.3) is 6.02 Å². The Morgan fingerprint density at radius 2 is 2.04 bits per heavy atom. The van der Waals surface area contributed by atoms with Crippen LogP contribution in [0, 0.1) is 0 Å². The van der Waals surface area contributed by atoms with Crippen LogP contribution in [0.25, 0.3) is 0 Å². The number of fused-ring (bicyclic) bond motifs is 1. The van der Waals surface area contributed by atoms with Crippen LogP contribution < -0.4 is 20.6 Å². The first-order valence-corrected chi connectivity index (χ1v) is 7.53. The van der Waals surface area contributed by atoms with E-state index in [1.165, 1.54) is 0 Å². The SMILES string of the molecule is COc1nc2c(n1OC(=O)C(F)(F)F)N=C(OC1CCCC1)NC2N. The Hall–Kier alpha value is -2.50. The van der Waals surface area contributed by atoms with Gasteiger partial charge < -0.3 is 25.4 Å². The van der Waals surface area contributed by atoms with Gasteiger partial charge in [0, 0.05) is 0 Å². The quantitative estimate of drug-likeness (QED) is 0.821. The Kier molecular flexibility index (Phi) is 4.45. The summed E-state index contributed by atoms with van der Waals surface area (Å²) < 4.78 is 48.4. The topological polar surface area (TPSA) is 113 Å². The van der Waals surface area contributed by atoms with E-state index < -0.39 is 24.3 Å². The van der Waals surface area contributed by atoms with Crippen LogP contribution in [0.4, 0.5) is 19.0 Å². The first kappa shape index (κ1) is 17.3. The van der Waals surface area contributed by atoms with E-state index in [4.69, 9.17) is 15.2 Å². The minimum atomic E-state index is -5.19. The molecule has 0 bridgehead atoms. The van der Waals surface area contributed by atoms with Gasteiger partial charge in [-0.3, -0.25) is 0 Å². The Balaban J connectivity index is 1.92. The lowest BCUT2D eigenvalue weighted by molar-refractivity contribution is -0.200. The maximum Gasteiger partial charge on any atom is 0.493 e. The van der Waals surface area contributed by atoms with Crippen molar-refractivity contribution in [1.29, 1.82) is 0 Å². The molecule has 1 aromatic rings. The fourth-order valence-corrected chi connectivity index (χ4v) is 2.60. The monoisotopic (exact) mass is 363 g/mol. The molecule has 1 aromatic heterocycles.